The summed E-state index contributed by atoms with van der Waals surface area (Å²) in [6, 6.07) is 15.3. The summed E-state index contributed by atoms with van der Waals surface area (Å²) in [5, 5.41) is 2.92. The Bertz CT molecular complexity index is 737. The van der Waals surface area contributed by atoms with Crippen molar-refractivity contribution in [3.8, 4) is 5.75 Å². The summed E-state index contributed by atoms with van der Waals surface area (Å²) in [7, 11) is 3.97. The fraction of sp³-hybridized carbons (Fsp3) is 0.409. The van der Waals surface area contributed by atoms with E-state index in [2.05, 4.69) is 31.3 Å². The van der Waals surface area contributed by atoms with E-state index in [-0.39, 0.29) is 36.8 Å². The summed E-state index contributed by atoms with van der Waals surface area (Å²) in [6.45, 7) is 6.00. The van der Waals surface area contributed by atoms with E-state index in [9.17, 15) is 4.79 Å². The van der Waals surface area contributed by atoms with E-state index in [0.29, 0.717) is 30.4 Å². The highest BCUT2D eigenvalue weighted by atomic mass is 35.5. The molecule has 29 heavy (non-hydrogen) atoms. The van der Waals surface area contributed by atoms with E-state index >= 15 is 0 Å². The molecule has 0 aliphatic rings. The van der Waals surface area contributed by atoms with E-state index in [4.69, 9.17) is 10.5 Å². The molecule has 1 unspecified atom stereocenters. The SMILES string of the molecule is CC(C)c1ccc(C(N)CNC(=O)c2ccccc2OCCN(C)C)cc1.Cl.Cl. The maximum Gasteiger partial charge on any atom is 0.255 e. The Labute approximate surface area is 186 Å². The Morgan fingerprint density at radius 2 is 1.62 bits per heavy atom. The van der Waals surface area contributed by atoms with Gasteiger partial charge in [-0.05, 0) is 43.3 Å². The number of halogens is 2. The van der Waals surface area contributed by atoms with Crippen LogP contribution in [0.2, 0.25) is 0 Å². The number of likely N-dealkylation sites (N-methyl/N-ethyl adjacent to an activating group) is 1. The zero-order valence-electron chi connectivity index (χ0n) is 17.6. The molecule has 7 heteroatoms. The monoisotopic (exact) mass is 441 g/mol. The second-order valence-corrected chi connectivity index (χ2v) is 7.29. The number of carbonyl (C=O) groups excluding carboxylic acids is 1. The average molecular weight is 442 g/mol. The lowest BCUT2D eigenvalue weighted by Crippen LogP contribution is -2.32. The van der Waals surface area contributed by atoms with Crippen molar-refractivity contribution in [2.45, 2.75) is 25.8 Å². The van der Waals surface area contributed by atoms with Gasteiger partial charge in [-0.15, -0.1) is 24.8 Å². The number of carbonyl (C=O) groups is 1. The highest BCUT2D eigenvalue weighted by Gasteiger charge is 2.14. The Hall–Kier alpha value is -1.79. The largest absolute Gasteiger partial charge is 0.491 e. The number of benzene rings is 2. The van der Waals surface area contributed by atoms with Gasteiger partial charge >= 0.3 is 0 Å². The molecule has 0 fully saturated rings. The zero-order valence-corrected chi connectivity index (χ0v) is 19.2. The van der Waals surface area contributed by atoms with Crippen LogP contribution in [0.1, 0.15) is 47.3 Å². The molecular weight excluding hydrogens is 409 g/mol. The summed E-state index contributed by atoms with van der Waals surface area (Å²) < 4.78 is 5.76. The average Bonchev–Trinajstić information content (AvgIpc) is 2.66. The fourth-order valence-corrected chi connectivity index (χ4v) is 2.66. The number of para-hydroxylation sites is 1. The predicted molar refractivity (Wildman–Crippen MR) is 125 cm³/mol. The summed E-state index contributed by atoms with van der Waals surface area (Å²) >= 11 is 0. The van der Waals surface area contributed by atoms with Crippen molar-refractivity contribution in [1.29, 1.82) is 0 Å². The zero-order chi connectivity index (χ0) is 19.8. The van der Waals surface area contributed by atoms with Crippen molar-refractivity contribution in [3.63, 3.8) is 0 Å². The molecule has 1 atom stereocenters. The summed E-state index contributed by atoms with van der Waals surface area (Å²) in [6.07, 6.45) is 0. The Morgan fingerprint density at radius 3 is 2.21 bits per heavy atom. The van der Waals surface area contributed by atoms with Gasteiger partial charge < -0.3 is 20.7 Å². The molecule has 162 valence electrons. The van der Waals surface area contributed by atoms with E-state index in [0.717, 1.165) is 12.1 Å². The molecule has 2 rings (SSSR count). The van der Waals surface area contributed by atoms with Gasteiger partial charge in [0.25, 0.3) is 5.91 Å². The minimum absolute atomic E-state index is 0. The molecule has 2 aromatic rings. The number of amides is 1. The van der Waals surface area contributed by atoms with Crippen LogP contribution in [0.4, 0.5) is 0 Å². The summed E-state index contributed by atoms with van der Waals surface area (Å²) in [5.41, 5.74) is 9.06. The molecule has 0 aliphatic heterocycles. The lowest BCUT2D eigenvalue weighted by molar-refractivity contribution is 0.0946. The molecule has 5 nitrogen and oxygen atoms in total. The molecule has 0 bridgehead atoms. The fourth-order valence-electron chi connectivity index (χ4n) is 2.66. The third-order valence-corrected chi connectivity index (χ3v) is 4.44. The molecule has 0 aliphatic carbocycles. The summed E-state index contributed by atoms with van der Waals surface area (Å²) in [5.74, 6) is 0.899. The second kappa shape index (κ2) is 13.4. The summed E-state index contributed by atoms with van der Waals surface area (Å²) in [4.78, 5) is 14.6. The highest BCUT2D eigenvalue weighted by Crippen LogP contribution is 2.19. The normalized spacial score (nSPS) is 11.4. The van der Waals surface area contributed by atoms with Crippen LogP contribution in [0, 0.1) is 0 Å². The van der Waals surface area contributed by atoms with Gasteiger partial charge in [0.1, 0.15) is 12.4 Å². The van der Waals surface area contributed by atoms with Crippen LogP contribution >= 0.6 is 24.8 Å². The molecule has 0 heterocycles. The quantitative estimate of drug-likeness (QED) is 0.616. The number of nitrogens with one attached hydrogen (secondary N) is 1. The standard InChI is InChI=1S/C22H31N3O2.2ClH/c1-16(2)17-9-11-18(12-10-17)20(23)15-24-22(26)19-7-5-6-8-21(19)27-14-13-25(3)4;;/h5-12,16,20H,13-15,23H2,1-4H3,(H,24,26);2*1H. The number of nitrogens with zero attached hydrogens (tertiary/aromatic N) is 1. The molecule has 2 aromatic carbocycles. The van der Waals surface area contributed by atoms with Crippen LogP contribution in [-0.4, -0.2) is 44.6 Å². The van der Waals surface area contributed by atoms with Gasteiger partial charge in [0.15, 0.2) is 0 Å². The van der Waals surface area contributed by atoms with Crippen LogP contribution in [0.15, 0.2) is 48.5 Å². The van der Waals surface area contributed by atoms with Crippen LogP contribution in [0.5, 0.6) is 5.75 Å². The molecular formula is C22H33Cl2N3O2. The Kier molecular flexibility index (Phi) is 12.6. The molecule has 0 aromatic heterocycles. The molecule has 1 amide bonds. The van der Waals surface area contributed by atoms with E-state index in [1.165, 1.54) is 5.56 Å². The molecule has 0 saturated carbocycles. The van der Waals surface area contributed by atoms with Crippen molar-refractivity contribution >= 4 is 30.7 Å². The maximum absolute atomic E-state index is 12.6. The lowest BCUT2D eigenvalue weighted by atomic mass is 9.99. The lowest BCUT2D eigenvalue weighted by Gasteiger charge is -2.16. The van der Waals surface area contributed by atoms with Gasteiger partial charge in [0.05, 0.1) is 5.56 Å². The van der Waals surface area contributed by atoms with Crippen molar-refractivity contribution in [2.75, 3.05) is 33.8 Å². The van der Waals surface area contributed by atoms with Crippen molar-refractivity contribution in [3.05, 3.63) is 65.2 Å². The Balaban J connectivity index is 0.00000392. The number of hydrogen-bond acceptors (Lipinski definition) is 4. The minimum atomic E-state index is -0.253. The molecule has 0 radical (unpaired) electrons. The number of ether oxygens (including phenoxy) is 1. The smallest absolute Gasteiger partial charge is 0.255 e. The van der Waals surface area contributed by atoms with Gasteiger partial charge in [0, 0.05) is 19.1 Å². The van der Waals surface area contributed by atoms with Gasteiger partial charge in [-0.25, -0.2) is 0 Å². The van der Waals surface area contributed by atoms with Gasteiger partial charge in [0.2, 0.25) is 0 Å². The van der Waals surface area contributed by atoms with Crippen molar-refractivity contribution in [1.82, 2.24) is 10.2 Å². The van der Waals surface area contributed by atoms with Gasteiger partial charge in [-0.2, -0.15) is 0 Å². The van der Waals surface area contributed by atoms with E-state index < -0.39 is 0 Å². The van der Waals surface area contributed by atoms with Gasteiger partial charge in [-0.3, -0.25) is 4.79 Å². The molecule has 3 N–H and O–H groups in total. The number of nitrogens with two attached hydrogens (primary N) is 1. The van der Waals surface area contributed by atoms with Crippen LogP contribution in [0.25, 0.3) is 0 Å². The molecule has 0 saturated heterocycles. The van der Waals surface area contributed by atoms with Crippen LogP contribution in [-0.2, 0) is 0 Å². The third-order valence-electron chi connectivity index (χ3n) is 4.44. The third kappa shape index (κ3) is 8.62. The topological polar surface area (TPSA) is 67.6 Å². The first kappa shape index (κ1) is 27.2. The Morgan fingerprint density at radius 1 is 1.03 bits per heavy atom. The number of hydrogen-bond donors (Lipinski definition) is 2. The number of rotatable bonds is 9. The predicted octanol–water partition coefficient (Wildman–Crippen LogP) is 4.02. The minimum Gasteiger partial charge on any atom is -0.491 e. The van der Waals surface area contributed by atoms with Crippen LogP contribution in [0.3, 0.4) is 0 Å². The van der Waals surface area contributed by atoms with Crippen molar-refractivity contribution in [2.24, 2.45) is 5.73 Å². The van der Waals surface area contributed by atoms with Crippen molar-refractivity contribution < 1.29 is 9.53 Å². The van der Waals surface area contributed by atoms with E-state index in [1.807, 2.05) is 49.3 Å². The second-order valence-electron chi connectivity index (χ2n) is 7.29. The highest BCUT2D eigenvalue weighted by molar-refractivity contribution is 5.96. The first-order valence-corrected chi connectivity index (χ1v) is 9.38. The first-order chi connectivity index (χ1) is 12.9. The van der Waals surface area contributed by atoms with Crippen LogP contribution < -0.4 is 15.8 Å². The molecule has 0 spiro atoms. The van der Waals surface area contributed by atoms with E-state index in [1.54, 1.807) is 6.07 Å². The first-order valence-electron chi connectivity index (χ1n) is 9.38. The van der Waals surface area contributed by atoms with Gasteiger partial charge in [-0.1, -0.05) is 50.2 Å². The maximum atomic E-state index is 12.6.